The minimum atomic E-state index is -0.174. The second-order valence-corrected chi connectivity index (χ2v) is 6.65. The van der Waals surface area contributed by atoms with Crippen molar-refractivity contribution >= 4 is 23.4 Å². The van der Waals surface area contributed by atoms with E-state index in [0.29, 0.717) is 29.1 Å². The third-order valence-corrected chi connectivity index (χ3v) is 4.30. The Labute approximate surface area is 171 Å². The zero-order valence-electron chi connectivity index (χ0n) is 15.5. The second kappa shape index (κ2) is 8.61. The third-order valence-electron chi connectivity index (χ3n) is 3.98. The van der Waals surface area contributed by atoms with Crippen LogP contribution in [0, 0.1) is 0 Å². The molecular formula is C19H17ClN8O. The van der Waals surface area contributed by atoms with Crippen molar-refractivity contribution in [3.05, 3.63) is 66.3 Å². The fourth-order valence-corrected chi connectivity index (χ4v) is 2.81. The van der Waals surface area contributed by atoms with Gasteiger partial charge in [0, 0.05) is 24.2 Å². The molecule has 0 spiro atoms. The molecule has 9 nitrogen and oxygen atoms in total. The lowest BCUT2D eigenvalue weighted by molar-refractivity contribution is 0.193. The van der Waals surface area contributed by atoms with Crippen LogP contribution in [0.15, 0.2) is 61.3 Å². The van der Waals surface area contributed by atoms with Crippen LogP contribution in [0.4, 0.5) is 11.8 Å². The molecule has 3 aromatic heterocycles. The fraction of sp³-hybridized carbons (Fsp3) is 0.158. The van der Waals surface area contributed by atoms with Gasteiger partial charge in [-0.1, -0.05) is 23.7 Å². The molecule has 1 N–H and O–H groups in total. The van der Waals surface area contributed by atoms with Gasteiger partial charge in [-0.2, -0.15) is 0 Å². The van der Waals surface area contributed by atoms with Gasteiger partial charge in [-0.3, -0.25) is 0 Å². The van der Waals surface area contributed by atoms with Crippen LogP contribution in [-0.2, 0) is 6.54 Å². The smallest absolute Gasteiger partial charge is 0.228 e. The molecule has 3 heterocycles. The normalized spacial score (nSPS) is 11.8. The van der Waals surface area contributed by atoms with E-state index in [1.165, 1.54) is 6.33 Å². The number of anilines is 2. The van der Waals surface area contributed by atoms with Crippen LogP contribution in [0.2, 0.25) is 5.02 Å². The predicted octanol–water partition coefficient (Wildman–Crippen LogP) is 3.39. The van der Waals surface area contributed by atoms with E-state index in [1.54, 1.807) is 29.3 Å². The largest absolute Gasteiger partial charge is 0.487 e. The lowest BCUT2D eigenvalue weighted by atomic mass is 10.1. The molecule has 0 saturated heterocycles. The topological polar surface area (TPSA) is 104 Å². The number of nitrogens with one attached hydrogen (secondary N) is 1. The van der Waals surface area contributed by atoms with Crippen molar-refractivity contribution in [3.8, 4) is 16.9 Å². The highest BCUT2D eigenvalue weighted by atomic mass is 35.5. The van der Waals surface area contributed by atoms with Gasteiger partial charge in [0.2, 0.25) is 5.95 Å². The fourth-order valence-electron chi connectivity index (χ4n) is 2.65. The van der Waals surface area contributed by atoms with Gasteiger partial charge in [-0.25, -0.2) is 19.6 Å². The molecule has 4 rings (SSSR count). The average Bonchev–Trinajstić information content (AvgIpc) is 3.24. The molecule has 10 heteroatoms. The first-order valence-electron chi connectivity index (χ1n) is 8.85. The molecule has 0 aliphatic heterocycles. The van der Waals surface area contributed by atoms with Crippen LogP contribution >= 0.6 is 11.6 Å². The molecular weight excluding hydrogens is 392 g/mol. The Morgan fingerprint density at radius 1 is 1.10 bits per heavy atom. The van der Waals surface area contributed by atoms with Crippen molar-refractivity contribution in [1.82, 2.24) is 35.2 Å². The molecule has 1 atom stereocenters. The molecule has 0 aliphatic carbocycles. The lowest BCUT2D eigenvalue weighted by Gasteiger charge is -2.16. The Balaban J connectivity index is 1.47. The summed E-state index contributed by atoms with van der Waals surface area (Å²) in [5, 5.41) is 14.6. The Bertz CT molecular complexity index is 1060. The molecule has 0 bridgehead atoms. The molecule has 0 aliphatic rings. The van der Waals surface area contributed by atoms with Gasteiger partial charge in [-0.05, 0) is 47.2 Å². The molecule has 0 amide bonds. The van der Waals surface area contributed by atoms with Crippen LogP contribution in [0.5, 0.6) is 5.75 Å². The number of benzene rings is 1. The van der Waals surface area contributed by atoms with Crippen molar-refractivity contribution in [2.75, 3.05) is 5.32 Å². The standard InChI is InChI=1S/C19H17ClN8O/c1-13(11-28-12-24-26-27-28)29-17-8-14(5-6-16(17)20)15-9-22-19(23-10-15)25-18-4-2-3-7-21-18/h2-10,12-13H,11H2,1H3,(H,21,22,23,25). The Kier molecular flexibility index (Phi) is 5.57. The summed E-state index contributed by atoms with van der Waals surface area (Å²) in [6.45, 7) is 2.43. The maximum Gasteiger partial charge on any atom is 0.228 e. The molecule has 1 aromatic carbocycles. The van der Waals surface area contributed by atoms with Crippen LogP contribution in [-0.4, -0.2) is 41.3 Å². The van der Waals surface area contributed by atoms with E-state index >= 15 is 0 Å². The van der Waals surface area contributed by atoms with E-state index in [4.69, 9.17) is 16.3 Å². The molecule has 4 aromatic rings. The Morgan fingerprint density at radius 2 is 1.97 bits per heavy atom. The van der Waals surface area contributed by atoms with Crippen molar-refractivity contribution in [2.24, 2.45) is 0 Å². The molecule has 0 radical (unpaired) electrons. The van der Waals surface area contributed by atoms with Crippen LogP contribution in [0.3, 0.4) is 0 Å². The van der Waals surface area contributed by atoms with Crippen molar-refractivity contribution < 1.29 is 4.74 Å². The van der Waals surface area contributed by atoms with Crippen LogP contribution in [0.25, 0.3) is 11.1 Å². The number of hydrogen-bond acceptors (Lipinski definition) is 8. The molecule has 146 valence electrons. The SMILES string of the molecule is CC(Cn1cnnn1)Oc1cc(-c2cnc(Nc3ccccn3)nc2)ccc1Cl. The quantitative estimate of drug-likeness (QED) is 0.496. The minimum absolute atomic E-state index is 0.174. The van der Waals surface area contributed by atoms with Crippen molar-refractivity contribution in [2.45, 2.75) is 19.6 Å². The van der Waals surface area contributed by atoms with Gasteiger partial charge in [0.15, 0.2) is 0 Å². The van der Waals surface area contributed by atoms with Crippen molar-refractivity contribution in [3.63, 3.8) is 0 Å². The first kappa shape index (κ1) is 18.8. The second-order valence-electron chi connectivity index (χ2n) is 6.24. The number of pyridine rings is 1. The number of ether oxygens (including phenoxy) is 1. The van der Waals surface area contributed by atoms with E-state index in [2.05, 4.69) is 35.8 Å². The monoisotopic (exact) mass is 408 g/mol. The summed E-state index contributed by atoms with van der Waals surface area (Å²) in [7, 11) is 0. The van der Waals surface area contributed by atoms with Gasteiger partial charge in [-0.15, -0.1) is 5.10 Å². The number of halogens is 1. The molecule has 1 unspecified atom stereocenters. The van der Waals surface area contributed by atoms with E-state index in [9.17, 15) is 0 Å². The van der Waals surface area contributed by atoms with Gasteiger partial charge in [0.25, 0.3) is 0 Å². The van der Waals surface area contributed by atoms with Gasteiger partial charge >= 0.3 is 0 Å². The highest BCUT2D eigenvalue weighted by molar-refractivity contribution is 6.32. The highest BCUT2D eigenvalue weighted by Gasteiger charge is 2.11. The van der Waals surface area contributed by atoms with Gasteiger partial charge < -0.3 is 10.1 Å². The van der Waals surface area contributed by atoms with E-state index in [-0.39, 0.29) is 6.10 Å². The maximum absolute atomic E-state index is 6.30. The number of nitrogens with zero attached hydrogens (tertiary/aromatic N) is 7. The van der Waals surface area contributed by atoms with E-state index < -0.39 is 0 Å². The van der Waals surface area contributed by atoms with E-state index in [1.807, 2.05) is 37.3 Å². The van der Waals surface area contributed by atoms with Gasteiger partial charge in [0.05, 0.1) is 11.6 Å². The highest BCUT2D eigenvalue weighted by Crippen LogP contribution is 2.31. The Hall–Kier alpha value is -3.59. The molecule has 29 heavy (non-hydrogen) atoms. The zero-order chi connectivity index (χ0) is 20.1. The maximum atomic E-state index is 6.30. The summed E-state index contributed by atoms with van der Waals surface area (Å²) in [5.41, 5.74) is 1.73. The number of rotatable bonds is 7. The summed E-state index contributed by atoms with van der Waals surface area (Å²) in [6.07, 6.45) is 6.53. The predicted molar refractivity (Wildman–Crippen MR) is 108 cm³/mol. The number of aromatic nitrogens is 7. The first-order chi connectivity index (χ1) is 14.2. The third kappa shape index (κ3) is 4.82. The van der Waals surface area contributed by atoms with Crippen molar-refractivity contribution in [1.29, 1.82) is 0 Å². The summed E-state index contributed by atoms with van der Waals surface area (Å²) >= 11 is 6.30. The zero-order valence-corrected chi connectivity index (χ0v) is 16.2. The summed E-state index contributed by atoms with van der Waals surface area (Å²) in [5.74, 6) is 1.72. The molecule has 0 fully saturated rings. The average molecular weight is 409 g/mol. The van der Waals surface area contributed by atoms with Crippen LogP contribution in [0.1, 0.15) is 6.92 Å². The lowest BCUT2D eigenvalue weighted by Crippen LogP contribution is -2.20. The molecule has 0 saturated carbocycles. The number of tetrazole rings is 1. The minimum Gasteiger partial charge on any atom is -0.487 e. The first-order valence-corrected chi connectivity index (χ1v) is 9.22. The summed E-state index contributed by atoms with van der Waals surface area (Å²) < 4.78 is 7.57. The number of hydrogen-bond donors (Lipinski definition) is 1. The van der Waals surface area contributed by atoms with Crippen LogP contribution < -0.4 is 10.1 Å². The summed E-state index contributed by atoms with van der Waals surface area (Å²) in [6, 6.07) is 11.1. The Morgan fingerprint density at radius 3 is 2.69 bits per heavy atom. The van der Waals surface area contributed by atoms with E-state index in [0.717, 1.165) is 11.1 Å². The van der Waals surface area contributed by atoms with Gasteiger partial charge in [0.1, 0.15) is 24.0 Å². The summed E-state index contributed by atoms with van der Waals surface area (Å²) in [4.78, 5) is 12.9.